The minimum absolute atomic E-state index is 0.551. The molecule has 86 valence electrons. The predicted molar refractivity (Wildman–Crippen MR) is 69.7 cm³/mol. The SMILES string of the molecule is C=C(CNC)COc1ccccc1/C=C/C. The Bertz CT molecular complexity index is 369. The van der Waals surface area contributed by atoms with Gasteiger partial charge >= 0.3 is 0 Å². The molecule has 0 saturated carbocycles. The van der Waals surface area contributed by atoms with Gasteiger partial charge in [-0.25, -0.2) is 0 Å². The highest BCUT2D eigenvalue weighted by Gasteiger charge is 2.00. The lowest BCUT2D eigenvalue weighted by atomic mass is 10.2. The van der Waals surface area contributed by atoms with Gasteiger partial charge in [-0.05, 0) is 25.6 Å². The number of rotatable bonds is 6. The molecule has 1 rings (SSSR count). The van der Waals surface area contributed by atoms with Crippen LogP contribution >= 0.6 is 0 Å². The molecule has 0 saturated heterocycles. The van der Waals surface area contributed by atoms with E-state index in [0.717, 1.165) is 23.4 Å². The van der Waals surface area contributed by atoms with Crippen molar-refractivity contribution in [1.82, 2.24) is 5.32 Å². The van der Waals surface area contributed by atoms with Crippen LogP contribution in [0, 0.1) is 0 Å². The molecule has 0 atom stereocenters. The molecule has 0 aromatic heterocycles. The van der Waals surface area contributed by atoms with E-state index in [0.29, 0.717) is 6.61 Å². The van der Waals surface area contributed by atoms with Crippen molar-refractivity contribution in [2.45, 2.75) is 6.92 Å². The van der Waals surface area contributed by atoms with Crippen molar-refractivity contribution in [3.63, 3.8) is 0 Å². The Morgan fingerprint density at radius 2 is 2.19 bits per heavy atom. The first-order valence-electron chi connectivity index (χ1n) is 5.43. The monoisotopic (exact) mass is 217 g/mol. The fraction of sp³-hybridized carbons (Fsp3) is 0.286. The van der Waals surface area contributed by atoms with Crippen molar-refractivity contribution in [3.8, 4) is 5.75 Å². The second-order valence-electron chi connectivity index (χ2n) is 3.61. The molecule has 0 spiro atoms. The first-order chi connectivity index (χ1) is 7.77. The Kier molecular flexibility index (Phi) is 5.37. The molecule has 0 unspecified atom stereocenters. The zero-order chi connectivity index (χ0) is 11.8. The Hall–Kier alpha value is -1.54. The Balaban J connectivity index is 2.62. The highest BCUT2D eigenvalue weighted by Crippen LogP contribution is 2.19. The molecular formula is C14H19NO. The van der Waals surface area contributed by atoms with Crippen LogP contribution in [0.4, 0.5) is 0 Å². The summed E-state index contributed by atoms with van der Waals surface area (Å²) in [5.74, 6) is 0.901. The van der Waals surface area contributed by atoms with Crippen LogP contribution in [0.5, 0.6) is 5.75 Å². The minimum Gasteiger partial charge on any atom is -0.489 e. The van der Waals surface area contributed by atoms with Crippen molar-refractivity contribution in [3.05, 3.63) is 48.1 Å². The smallest absolute Gasteiger partial charge is 0.126 e. The molecule has 0 aliphatic rings. The number of likely N-dealkylation sites (N-methyl/N-ethyl adjacent to an activating group) is 1. The first-order valence-corrected chi connectivity index (χ1v) is 5.43. The molecule has 2 nitrogen and oxygen atoms in total. The third kappa shape index (κ3) is 3.91. The normalized spacial score (nSPS) is 10.6. The summed E-state index contributed by atoms with van der Waals surface area (Å²) in [6.45, 7) is 7.26. The van der Waals surface area contributed by atoms with Crippen LogP contribution in [0.3, 0.4) is 0 Å². The van der Waals surface area contributed by atoms with Gasteiger partial charge in [0.15, 0.2) is 0 Å². The molecule has 1 N–H and O–H groups in total. The van der Waals surface area contributed by atoms with Gasteiger partial charge in [0.1, 0.15) is 12.4 Å². The molecule has 0 bridgehead atoms. The van der Waals surface area contributed by atoms with Crippen LogP contribution < -0.4 is 10.1 Å². The number of hydrogen-bond donors (Lipinski definition) is 1. The van der Waals surface area contributed by atoms with E-state index in [1.807, 2.05) is 50.4 Å². The largest absolute Gasteiger partial charge is 0.489 e. The standard InChI is InChI=1S/C14H19NO/c1-4-7-13-8-5-6-9-14(13)16-11-12(2)10-15-3/h4-9,15H,2,10-11H2,1,3H3/b7-4+. The maximum atomic E-state index is 5.71. The third-order valence-electron chi connectivity index (χ3n) is 2.12. The highest BCUT2D eigenvalue weighted by molar-refractivity contribution is 5.56. The molecule has 0 amide bonds. The molecule has 0 fully saturated rings. The quantitative estimate of drug-likeness (QED) is 0.740. The molecule has 0 aliphatic carbocycles. The van der Waals surface area contributed by atoms with E-state index in [-0.39, 0.29) is 0 Å². The molecule has 0 aliphatic heterocycles. The van der Waals surface area contributed by atoms with Gasteiger partial charge in [0.05, 0.1) is 0 Å². The van der Waals surface area contributed by atoms with Gasteiger partial charge in [-0.15, -0.1) is 0 Å². The topological polar surface area (TPSA) is 21.3 Å². The maximum absolute atomic E-state index is 5.71. The molecule has 1 aromatic carbocycles. The number of nitrogens with one attached hydrogen (secondary N) is 1. The van der Waals surface area contributed by atoms with Gasteiger partial charge in [-0.1, -0.05) is 36.9 Å². The van der Waals surface area contributed by atoms with Crippen molar-refractivity contribution >= 4 is 6.08 Å². The lowest BCUT2D eigenvalue weighted by molar-refractivity contribution is 0.348. The number of para-hydroxylation sites is 1. The van der Waals surface area contributed by atoms with Gasteiger partial charge in [-0.3, -0.25) is 0 Å². The lowest BCUT2D eigenvalue weighted by Crippen LogP contribution is -2.14. The van der Waals surface area contributed by atoms with E-state index in [9.17, 15) is 0 Å². The second kappa shape index (κ2) is 6.85. The van der Waals surface area contributed by atoms with Gasteiger partial charge < -0.3 is 10.1 Å². The van der Waals surface area contributed by atoms with Gasteiger partial charge in [0.25, 0.3) is 0 Å². The summed E-state index contributed by atoms with van der Waals surface area (Å²) in [5, 5.41) is 3.05. The summed E-state index contributed by atoms with van der Waals surface area (Å²) in [6, 6.07) is 7.99. The maximum Gasteiger partial charge on any atom is 0.126 e. The number of allylic oxidation sites excluding steroid dienone is 1. The van der Waals surface area contributed by atoms with Crippen LogP contribution in [0.15, 0.2) is 42.5 Å². The van der Waals surface area contributed by atoms with Crippen molar-refractivity contribution in [1.29, 1.82) is 0 Å². The summed E-state index contributed by atoms with van der Waals surface area (Å²) in [4.78, 5) is 0. The van der Waals surface area contributed by atoms with Crippen LogP contribution in [0.1, 0.15) is 12.5 Å². The summed E-state index contributed by atoms with van der Waals surface area (Å²) in [7, 11) is 1.90. The zero-order valence-corrected chi connectivity index (χ0v) is 9.99. The Morgan fingerprint density at radius 1 is 1.44 bits per heavy atom. The molecular weight excluding hydrogens is 198 g/mol. The molecule has 2 heteroatoms. The van der Waals surface area contributed by atoms with Crippen molar-refractivity contribution in [2.24, 2.45) is 0 Å². The van der Waals surface area contributed by atoms with Crippen LogP contribution in [-0.4, -0.2) is 20.2 Å². The summed E-state index contributed by atoms with van der Waals surface area (Å²) in [6.07, 6.45) is 4.04. The average Bonchev–Trinajstić information content (AvgIpc) is 2.29. The van der Waals surface area contributed by atoms with Crippen LogP contribution in [0.2, 0.25) is 0 Å². The van der Waals surface area contributed by atoms with E-state index < -0.39 is 0 Å². The van der Waals surface area contributed by atoms with Crippen LogP contribution in [-0.2, 0) is 0 Å². The van der Waals surface area contributed by atoms with Crippen molar-refractivity contribution in [2.75, 3.05) is 20.2 Å². The second-order valence-corrected chi connectivity index (χ2v) is 3.61. The van der Waals surface area contributed by atoms with E-state index in [1.165, 1.54) is 0 Å². The van der Waals surface area contributed by atoms with Crippen LogP contribution in [0.25, 0.3) is 6.08 Å². The van der Waals surface area contributed by atoms with E-state index in [2.05, 4.69) is 11.9 Å². The molecule has 0 radical (unpaired) electrons. The van der Waals surface area contributed by atoms with Gasteiger partial charge in [0.2, 0.25) is 0 Å². The lowest BCUT2D eigenvalue weighted by Gasteiger charge is -2.10. The van der Waals surface area contributed by atoms with E-state index >= 15 is 0 Å². The summed E-state index contributed by atoms with van der Waals surface area (Å²) >= 11 is 0. The van der Waals surface area contributed by atoms with E-state index in [1.54, 1.807) is 0 Å². The van der Waals surface area contributed by atoms with Gasteiger partial charge in [0, 0.05) is 12.1 Å². The zero-order valence-electron chi connectivity index (χ0n) is 9.99. The predicted octanol–water partition coefficient (Wildman–Crippen LogP) is 2.87. The fourth-order valence-electron chi connectivity index (χ4n) is 1.41. The van der Waals surface area contributed by atoms with Crippen molar-refractivity contribution < 1.29 is 4.74 Å². The fourth-order valence-corrected chi connectivity index (χ4v) is 1.41. The molecule has 1 aromatic rings. The Labute approximate surface area is 97.6 Å². The number of ether oxygens (including phenoxy) is 1. The summed E-state index contributed by atoms with van der Waals surface area (Å²) < 4.78 is 5.71. The number of benzene rings is 1. The Morgan fingerprint density at radius 3 is 2.88 bits per heavy atom. The number of hydrogen-bond acceptors (Lipinski definition) is 2. The molecule has 0 heterocycles. The summed E-state index contributed by atoms with van der Waals surface area (Å²) in [5.41, 5.74) is 2.14. The average molecular weight is 217 g/mol. The highest BCUT2D eigenvalue weighted by atomic mass is 16.5. The van der Waals surface area contributed by atoms with E-state index in [4.69, 9.17) is 4.74 Å². The third-order valence-corrected chi connectivity index (χ3v) is 2.12. The molecule has 16 heavy (non-hydrogen) atoms. The first kappa shape index (κ1) is 12.5. The minimum atomic E-state index is 0.551. The van der Waals surface area contributed by atoms with Gasteiger partial charge in [-0.2, -0.15) is 0 Å².